The minimum absolute atomic E-state index is 0.337. The van der Waals surface area contributed by atoms with Gasteiger partial charge in [0.05, 0.1) is 18.0 Å². The molecule has 0 aliphatic carbocycles. The van der Waals surface area contributed by atoms with Gasteiger partial charge in [-0.25, -0.2) is 14.8 Å². The summed E-state index contributed by atoms with van der Waals surface area (Å²) in [6.07, 6.45) is 2.94. The third-order valence-electron chi connectivity index (χ3n) is 3.69. The summed E-state index contributed by atoms with van der Waals surface area (Å²) >= 11 is 0. The lowest BCUT2D eigenvalue weighted by molar-refractivity contribution is 0.0525. The van der Waals surface area contributed by atoms with Gasteiger partial charge in [-0.1, -0.05) is 43.2 Å². The first-order chi connectivity index (χ1) is 11.1. The van der Waals surface area contributed by atoms with Gasteiger partial charge in [0.2, 0.25) is 0 Å². The number of carbonyl (C=O) groups is 1. The lowest BCUT2D eigenvalue weighted by atomic mass is 10.0. The van der Waals surface area contributed by atoms with E-state index in [-0.39, 0.29) is 5.97 Å². The van der Waals surface area contributed by atoms with Gasteiger partial charge in [-0.05, 0) is 27.2 Å². The fourth-order valence-corrected chi connectivity index (χ4v) is 2.45. The van der Waals surface area contributed by atoms with Crippen LogP contribution in [-0.2, 0) is 11.2 Å². The van der Waals surface area contributed by atoms with Crippen molar-refractivity contribution in [1.29, 1.82) is 0 Å². The van der Waals surface area contributed by atoms with Crippen molar-refractivity contribution in [2.75, 3.05) is 6.61 Å². The zero-order valence-corrected chi connectivity index (χ0v) is 14.3. The predicted octanol–water partition coefficient (Wildman–Crippen LogP) is 4.28. The molecule has 0 fully saturated rings. The van der Waals surface area contributed by atoms with Gasteiger partial charge in [-0.3, -0.25) is 0 Å². The van der Waals surface area contributed by atoms with E-state index in [9.17, 15) is 4.79 Å². The maximum atomic E-state index is 12.3. The van der Waals surface area contributed by atoms with E-state index in [0.29, 0.717) is 23.6 Å². The largest absolute Gasteiger partial charge is 0.462 e. The second-order valence-electron chi connectivity index (χ2n) is 5.64. The third kappa shape index (κ3) is 4.15. The summed E-state index contributed by atoms with van der Waals surface area (Å²) < 4.78 is 5.20. The van der Waals surface area contributed by atoms with Crippen LogP contribution in [-0.4, -0.2) is 22.5 Å². The van der Waals surface area contributed by atoms with E-state index >= 15 is 0 Å². The molecule has 1 aromatic heterocycles. The molecular formula is C19H24N2O2. The molecule has 1 aromatic carbocycles. The molecule has 0 spiro atoms. The zero-order valence-electron chi connectivity index (χ0n) is 14.3. The number of carbonyl (C=O) groups excluding carboxylic acids is 1. The average molecular weight is 312 g/mol. The minimum Gasteiger partial charge on any atom is -0.462 e. The predicted molar refractivity (Wildman–Crippen MR) is 91.5 cm³/mol. The molecule has 0 atom stereocenters. The smallest absolute Gasteiger partial charge is 0.342 e. The number of rotatable bonds is 6. The minimum atomic E-state index is -0.359. The van der Waals surface area contributed by atoms with E-state index in [1.54, 1.807) is 6.92 Å². The van der Waals surface area contributed by atoms with Gasteiger partial charge >= 0.3 is 5.97 Å². The molecule has 2 aromatic rings. The molecule has 122 valence electrons. The lowest BCUT2D eigenvalue weighted by Crippen LogP contribution is -2.13. The van der Waals surface area contributed by atoms with Crippen molar-refractivity contribution in [3.05, 3.63) is 46.9 Å². The van der Waals surface area contributed by atoms with Crippen molar-refractivity contribution in [2.24, 2.45) is 0 Å². The van der Waals surface area contributed by atoms with Crippen LogP contribution in [0.25, 0.3) is 11.3 Å². The Hall–Kier alpha value is -2.23. The normalized spacial score (nSPS) is 10.6. The van der Waals surface area contributed by atoms with Crippen LogP contribution in [0.3, 0.4) is 0 Å². The van der Waals surface area contributed by atoms with Gasteiger partial charge in [-0.15, -0.1) is 0 Å². The Kier molecular flexibility index (Phi) is 5.85. The fourth-order valence-electron chi connectivity index (χ4n) is 2.45. The molecule has 0 N–H and O–H groups in total. The number of benzene rings is 1. The van der Waals surface area contributed by atoms with Gasteiger partial charge in [0.25, 0.3) is 0 Å². The number of aromatic nitrogens is 2. The molecule has 0 saturated heterocycles. The Morgan fingerprint density at radius 1 is 1.09 bits per heavy atom. The zero-order chi connectivity index (χ0) is 16.8. The van der Waals surface area contributed by atoms with Gasteiger partial charge in [-0.2, -0.15) is 0 Å². The summed E-state index contributed by atoms with van der Waals surface area (Å²) in [4.78, 5) is 21.5. The van der Waals surface area contributed by atoms with E-state index in [1.807, 2.05) is 38.1 Å². The van der Waals surface area contributed by atoms with Crippen molar-refractivity contribution < 1.29 is 9.53 Å². The van der Waals surface area contributed by atoms with Crippen molar-refractivity contribution in [3.8, 4) is 11.3 Å². The SMILES string of the molecule is CCCCc1nc(C)c(C(=O)OCC)c(-c2ccc(C)cc2)n1. The summed E-state index contributed by atoms with van der Waals surface area (Å²) in [5, 5.41) is 0. The molecule has 0 aliphatic heterocycles. The Bertz CT molecular complexity index is 679. The number of unbranched alkanes of at least 4 members (excludes halogenated alkanes) is 1. The van der Waals surface area contributed by atoms with E-state index in [0.717, 1.165) is 30.7 Å². The average Bonchev–Trinajstić information content (AvgIpc) is 2.53. The van der Waals surface area contributed by atoms with Gasteiger partial charge < -0.3 is 4.74 Å². The van der Waals surface area contributed by atoms with Crippen LogP contribution >= 0.6 is 0 Å². The first kappa shape index (κ1) is 17.1. The number of hydrogen-bond acceptors (Lipinski definition) is 4. The first-order valence-electron chi connectivity index (χ1n) is 8.18. The highest BCUT2D eigenvalue weighted by Gasteiger charge is 2.20. The van der Waals surface area contributed by atoms with Crippen molar-refractivity contribution in [3.63, 3.8) is 0 Å². The molecule has 0 unspecified atom stereocenters. The Morgan fingerprint density at radius 2 is 1.78 bits per heavy atom. The van der Waals surface area contributed by atoms with Crippen LogP contribution in [0.15, 0.2) is 24.3 Å². The molecule has 1 heterocycles. The van der Waals surface area contributed by atoms with E-state index in [4.69, 9.17) is 4.74 Å². The molecule has 0 aliphatic rings. The Balaban J connectivity index is 2.55. The maximum Gasteiger partial charge on any atom is 0.342 e. The molecule has 2 rings (SSSR count). The van der Waals surface area contributed by atoms with Gasteiger partial charge in [0, 0.05) is 12.0 Å². The van der Waals surface area contributed by atoms with Crippen LogP contribution in [0.1, 0.15) is 54.1 Å². The fraction of sp³-hybridized carbons (Fsp3) is 0.421. The molecule has 0 bridgehead atoms. The summed E-state index contributed by atoms with van der Waals surface area (Å²) in [5.41, 5.74) is 3.91. The highest BCUT2D eigenvalue weighted by atomic mass is 16.5. The molecule has 4 nitrogen and oxygen atoms in total. The van der Waals surface area contributed by atoms with E-state index in [2.05, 4.69) is 16.9 Å². The molecule has 0 amide bonds. The second kappa shape index (κ2) is 7.86. The summed E-state index contributed by atoms with van der Waals surface area (Å²) in [6.45, 7) is 8.16. The van der Waals surface area contributed by atoms with Crippen LogP contribution in [0.5, 0.6) is 0 Å². The highest BCUT2D eigenvalue weighted by molar-refractivity contribution is 5.97. The second-order valence-corrected chi connectivity index (χ2v) is 5.64. The first-order valence-corrected chi connectivity index (χ1v) is 8.18. The summed E-state index contributed by atoms with van der Waals surface area (Å²) in [6, 6.07) is 8.02. The van der Waals surface area contributed by atoms with Crippen molar-refractivity contribution in [2.45, 2.75) is 47.0 Å². The van der Waals surface area contributed by atoms with Crippen LogP contribution in [0, 0.1) is 13.8 Å². The number of nitrogens with zero attached hydrogens (tertiary/aromatic N) is 2. The lowest BCUT2D eigenvalue weighted by Gasteiger charge is -2.13. The van der Waals surface area contributed by atoms with Crippen LogP contribution in [0.2, 0.25) is 0 Å². The van der Waals surface area contributed by atoms with E-state index in [1.165, 1.54) is 5.56 Å². The summed E-state index contributed by atoms with van der Waals surface area (Å²) in [7, 11) is 0. The molecule has 0 radical (unpaired) electrons. The highest BCUT2D eigenvalue weighted by Crippen LogP contribution is 2.25. The topological polar surface area (TPSA) is 52.1 Å². The molecule has 0 saturated carbocycles. The third-order valence-corrected chi connectivity index (χ3v) is 3.69. The molecule has 4 heteroatoms. The van der Waals surface area contributed by atoms with Crippen molar-refractivity contribution >= 4 is 5.97 Å². The maximum absolute atomic E-state index is 12.3. The number of esters is 1. The molecule has 23 heavy (non-hydrogen) atoms. The monoisotopic (exact) mass is 312 g/mol. The number of hydrogen-bond donors (Lipinski definition) is 0. The number of aryl methyl sites for hydroxylation is 3. The Morgan fingerprint density at radius 3 is 2.39 bits per heavy atom. The van der Waals surface area contributed by atoms with Crippen molar-refractivity contribution in [1.82, 2.24) is 9.97 Å². The quantitative estimate of drug-likeness (QED) is 0.747. The van der Waals surface area contributed by atoms with Gasteiger partial charge in [0.15, 0.2) is 0 Å². The standard InChI is InChI=1S/C19H24N2O2/c1-5-7-8-16-20-14(4)17(19(22)23-6-2)18(21-16)15-11-9-13(3)10-12-15/h9-12H,5-8H2,1-4H3. The van der Waals surface area contributed by atoms with Crippen LogP contribution < -0.4 is 0 Å². The Labute approximate surface area is 137 Å². The summed E-state index contributed by atoms with van der Waals surface area (Å²) in [5.74, 6) is 0.426. The molecular weight excluding hydrogens is 288 g/mol. The van der Waals surface area contributed by atoms with E-state index < -0.39 is 0 Å². The number of ether oxygens (including phenoxy) is 1. The van der Waals surface area contributed by atoms with Gasteiger partial charge in [0.1, 0.15) is 11.4 Å². The van der Waals surface area contributed by atoms with Crippen LogP contribution in [0.4, 0.5) is 0 Å².